The Kier molecular flexibility index (Phi) is 3.95. The Bertz CT molecular complexity index is 609. The minimum atomic E-state index is -1.58. The van der Waals surface area contributed by atoms with Gasteiger partial charge in [-0.05, 0) is 25.1 Å². The second-order valence-corrected chi connectivity index (χ2v) is 4.78. The number of rotatable bonds is 3. The maximum Gasteiger partial charge on any atom is 0.354 e. The second-order valence-electron chi connectivity index (χ2n) is 4.78. The highest BCUT2D eigenvalue weighted by atomic mass is 16.5. The Morgan fingerprint density at radius 1 is 1.38 bits per heavy atom. The number of hydrazone groups is 1. The van der Waals surface area contributed by atoms with Gasteiger partial charge >= 0.3 is 5.97 Å². The lowest BCUT2D eigenvalue weighted by Crippen LogP contribution is -2.43. The van der Waals surface area contributed by atoms with E-state index in [0.29, 0.717) is 11.3 Å². The van der Waals surface area contributed by atoms with Gasteiger partial charge in [0.1, 0.15) is 5.75 Å². The number of amides is 1. The number of hydrogen-bond donors (Lipinski definition) is 1. The molecule has 1 heterocycles. The molecule has 0 aliphatic carbocycles. The van der Waals surface area contributed by atoms with Gasteiger partial charge in [-0.1, -0.05) is 6.07 Å². The van der Waals surface area contributed by atoms with E-state index in [1.165, 1.54) is 27.2 Å². The number of methoxy groups -OCH3 is 2. The van der Waals surface area contributed by atoms with Gasteiger partial charge in [0.25, 0.3) is 5.91 Å². The van der Waals surface area contributed by atoms with Gasteiger partial charge in [0.05, 0.1) is 14.2 Å². The van der Waals surface area contributed by atoms with Crippen molar-refractivity contribution in [2.45, 2.75) is 19.1 Å². The summed E-state index contributed by atoms with van der Waals surface area (Å²) >= 11 is 0. The number of carbonyl (C=O) groups excluding carboxylic acids is 2. The highest BCUT2D eigenvalue weighted by Gasteiger charge is 2.43. The molecule has 21 heavy (non-hydrogen) atoms. The first-order valence-corrected chi connectivity index (χ1v) is 6.26. The largest absolute Gasteiger partial charge is 0.497 e. The summed E-state index contributed by atoms with van der Waals surface area (Å²) in [6.07, 6.45) is -0.0879. The number of carbonyl (C=O) groups is 2. The molecule has 112 valence electrons. The first-order valence-electron chi connectivity index (χ1n) is 6.26. The van der Waals surface area contributed by atoms with Crippen LogP contribution in [0.25, 0.3) is 0 Å². The van der Waals surface area contributed by atoms with E-state index < -0.39 is 17.6 Å². The Morgan fingerprint density at radius 3 is 2.71 bits per heavy atom. The molecule has 0 bridgehead atoms. The monoisotopic (exact) mass is 292 g/mol. The van der Waals surface area contributed by atoms with Gasteiger partial charge in [-0.2, -0.15) is 10.1 Å². The predicted molar refractivity (Wildman–Crippen MR) is 73.9 cm³/mol. The lowest BCUT2D eigenvalue weighted by atomic mass is 10.1. The van der Waals surface area contributed by atoms with E-state index in [1.807, 2.05) is 0 Å². The molecule has 0 spiro atoms. The zero-order chi connectivity index (χ0) is 15.6. The molecule has 7 nitrogen and oxygen atoms in total. The van der Waals surface area contributed by atoms with Crippen molar-refractivity contribution < 1.29 is 24.2 Å². The van der Waals surface area contributed by atoms with Gasteiger partial charge < -0.3 is 14.6 Å². The van der Waals surface area contributed by atoms with E-state index in [0.717, 1.165) is 5.01 Å². The van der Waals surface area contributed by atoms with E-state index in [-0.39, 0.29) is 12.1 Å². The van der Waals surface area contributed by atoms with E-state index in [4.69, 9.17) is 4.74 Å². The summed E-state index contributed by atoms with van der Waals surface area (Å²) in [6.45, 7) is 1.41. The van der Waals surface area contributed by atoms with E-state index in [2.05, 4.69) is 9.84 Å². The van der Waals surface area contributed by atoms with Crippen LogP contribution in [0.1, 0.15) is 23.7 Å². The maximum atomic E-state index is 12.4. The van der Waals surface area contributed by atoms with Crippen LogP contribution in [0.15, 0.2) is 29.4 Å². The van der Waals surface area contributed by atoms with Crippen LogP contribution in [0.2, 0.25) is 0 Å². The van der Waals surface area contributed by atoms with Crippen molar-refractivity contribution in [3.05, 3.63) is 29.8 Å². The molecule has 7 heteroatoms. The van der Waals surface area contributed by atoms with Crippen LogP contribution in [-0.4, -0.2) is 47.6 Å². The Labute approximate surface area is 121 Å². The number of nitrogens with zero attached hydrogens (tertiary/aromatic N) is 2. The summed E-state index contributed by atoms with van der Waals surface area (Å²) in [4.78, 5) is 23.9. The highest BCUT2D eigenvalue weighted by molar-refractivity contribution is 6.37. The maximum absolute atomic E-state index is 12.4. The van der Waals surface area contributed by atoms with Crippen LogP contribution < -0.4 is 4.74 Å². The number of aliphatic hydroxyl groups is 1. The fourth-order valence-corrected chi connectivity index (χ4v) is 2.03. The van der Waals surface area contributed by atoms with E-state index in [9.17, 15) is 14.7 Å². The van der Waals surface area contributed by atoms with Gasteiger partial charge in [0.2, 0.25) is 0 Å². The predicted octanol–water partition coefficient (Wildman–Crippen LogP) is 0.779. The number of esters is 1. The Hall–Kier alpha value is -2.41. The van der Waals surface area contributed by atoms with Crippen molar-refractivity contribution in [2.24, 2.45) is 5.10 Å². The van der Waals surface area contributed by atoms with Crippen molar-refractivity contribution in [2.75, 3.05) is 14.2 Å². The van der Waals surface area contributed by atoms with Crippen molar-refractivity contribution in [1.82, 2.24) is 5.01 Å². The summed E-state index contributed by atoms with van der Waals surface area (Å²) < 4.78 is 9.61. The summed E-state index contributed by atoms with van der Waals surface area (Å²) in [7, 11) is 2.70. The van der Waals surface area contributed by atoms with Crippen molar-refractivity contribution in [3.63, 3.8) is 0 Å². The quantitative estimate of drug-likeness (QED) is 0.832. The van der Waals surface area contributed by atoms with Gasteiger partial charge in [0.15, 0.2) is 11.4 Å². The average molecular weight is 292 g/mol. The number of hydrogen-bond acceptors (Lipinski definition) is 6. The average Bonchev–Trinajstić information content (AvgIpc) is 2.81. The Balaban J connectivity index is 2.32. The molecule has 0 saturated carbocycles. The number of benzene rings is 1. The molecule has 1 amide bonds. The van der Waals surface area contributed by atoms with E-state index >= 15 is 0 Å². The smallest absolute Gasteiger partial charge is 0.354 e. The molecular formula is C14H16N2O5. The molecule has 0 radical (unpaired) electrons. The van der Waals surface area contributed by atoms with Crippen LogP contribution in [-0.2, 0) is 9.53 Å². The number of ether oxygens (including phenoxy) is 2. The molecule has 1 aromatic rings. The third-order valence-corrected chi connectivity index (χ3v) is 3.11. The fraction of sp³-hybridized carbons (Fsp3) is 0.357. The molecule has 0 unspecified atom stereocenters. The molecule has 1 aromatic carbocycles. The zero-order valence-corrected chi connectivity index (χ0v) is 12.0. The summed E-state index contributed by atoms with van der Waals surface area (Å²) in [6, 6.07) is 6.46. The lowest BCUT2D eigenvalue weighted by Gasteiger charge is -2.26. The first kappa shape index (κ1) is 15.0. The minimum Gasteiger partial charge on any atom is -0.497 e. The standard InChI is InChI=1S/C14H16N2O5/c1-14(19)8-11(13(18)21-3)15-16(14)12(17)9-5-4-6-10(7-9)20-2/h4-7,19H,8H2,1-3H3/t14-/m1/s1. The van der Waals surface area contributed by atoms with Crippen LogP contribution >= 0.6 is 0 Å². The Morgan fingerprint density at radius 2 is 2.10 bits per heavy atom. The van der Waals surface area contributed by atoms with Crippen LogP contribution in [0.5, 0.6) is 5.75 Å². The normalized spacial score (nSPS) is 21.0. The molecule has 1 aliphatic heterocycles. The highest BCUT2D eigenvalue weighted by Crippen LogP contribution is 2.27. The van der Waals surface area contributed by atoms with Crippen LogP contribution in [0, 0.1) is 0 Å². The SMILES string of the molecule is COC(=O)C1=NN(C(=O)c2cccc(OC)c2)[C@](C)(O)C1. The van der Waals surface area contributed by atoms with Gasteiger partial charge in [-0.15, -0.1) is 0 Å². The second kappa shape index (κ2) is 5.53. The topological polar surface area (TPSA) is 88.4 Å². The molecule has 1 atom stereocenters. The van der Waals surface area contributed by atoms with Crippen molar-refractivity contribution in [1.29, 1.82) is 0 Å². The third kappa shape index (κ3) is 2.87. The molecule has 1 N–H and O–H groups in total. The minimum absolute atomic E-state index is 0.00116. The van der Waals surface area contributed by atoms with Gasteiger partial charge in [-0.25, -0.2) is 4.79 Å². The molecule has 0 fully saturated rings. The van der Waals surface area contributed by atoms with E-state index in [1.54, 1.807) is 18.2 Å². The van der Waals surface area contributed by atoms with Gasteiger partial charge in [0, 0.05) is 12.0 Å². The summed E-state index contributed by atoms with van der Waals surface area (Å²) in [5.41, 5.74) is -1.29. The molecule has 1 aliphatic rings. The molecular weight excluding hydrogens is 276 g/mol. The lowest BCUT2D eigenvalue weighted by molar-refractivity contribution is -0.133. The van der Waals surface area contributed by atoms with Crippen molar-refractivity contribution in [3.8, 4) is 5.75 Å². The fourth-order valence-electron chi connectivity index (χ4n) is 2.03. The van der Waals surface area contributed by atoms with Crippen molar-refractivity contribution >= 4 is 17.6 Å². The zero-order valence-electron chi connectivity index (χ0n) is 12.0. The molecule has 0 aromatic heterocycles. The van der Waals surface area contributed by atoms with Crippen LogP contribution in [0.3, 0.4) is 0 Å². The third-order valence-electron chi connectivity index (χ3n) is 3.11. The van der Waals surface area contributed by atoms with Crippen LogP contribution in [0.4, 0.5) is 0 Å². The summed E-state index contributed by atoms with van der Waals surface area (Å²) in [5.74, 6) is -0.689. The summed E-state index contributed by atoms with van der Waals surface area (Å²) in [5, 5.41) is 15.0. The first-order chi connectivity index (χ1) is 9.89. The molecule has 2 rings (SSSR count). The molecule has 0 saturated heterocycles. The van der Waals surface area contributed by atoms with Gasteiger partial charge in [-0.3, -0.25) is 4.79 Å².